The van der Waals surface area contributed by atoms with Gasteiger partial charge >= 0.3 is 0 Å². The minimum atomic E-state index is -0.107. The maximum absolute atomic E-state index is 12.7. The highest BCUT2D eigenvalue weighted by Gasteiger charge is 2.26. The highest BCUT2D eigenvalue weighted by atomic mass is 16.5. The Balaban J connectivity index is 1.86. The van der Waals surface area contributed by atoms with E-state index in [9.17, 15) is 4.79 Å². The fourth-order valence-corrected chi connectivity index (χ4v) is 3.02. The number of hydrogen-bond acceptors (Lipinski definition) is 4. The van der Waals surface area contributed by atoms with Crippen LogP contribution in [0.4, 0.5) is 0 Å². The average Bonchev–Trinajstić information content (AvgIpc) is 2.62. The molecule has 1 aromatic rings. The zero-order chi connectivity index (χ0) is 17.5. The number of amides is 1. The molecule has 1 heterocycles. The van der Waals surface area contributed by atoms with Crippen molar-refractivity contribution in [3.63, 3.8) is 0 Å². The van der Waals surface area contributed by atoms with Crippen LogP contribution in [0, 0.1) is 0 Å². The summed E-state index contributed by atoms with van der Waals surface area (Å²) in [6.07, 6.45) is 0. The Kier molecular flexibility index (Phi) is 7.06. The quantitative estimate of drug-likeness (QED) is 0.765. The number of benzene rings is 1. The van der Waals surface area contributed by atoms with E-state index in [4.69, 9.17) is 4.74 Å². The summed E-state index contributed by atoms with van der Waals surface area (Å²) in [7, 11) is 2.02. The van der Waals surface area contributed by atoms with Gasteiger partial charge in [0.1, 0.15) is 5.75 Å². The van der Waals surface area contributed by atoms with E-state index >= 15 is 0 Å². The fourth-order valence-electron chi connectivity index (χ4n) is 3.02. The molecule has 1 saturated heterocycles. The molecule has 5 nitrogen and oxygen atoms in total. The van der Waals surface area contributed by atoms with Gasteiger partial charge in [0, 0.05) is 32.7 Å². The van der Waals surface area contributed by atoms with Crippen molar-refractivity contribution in [1.82, 2.24) is 14.7 Å². The molecule has 24 heavy (non-hydrogen) atoms. The number of ether oxygens (including phenoxy) is 1. The summed E-state index contributed by atoms with van der Waals surface area (Å²) < 4.78 is 5.47. The van der Waals surface area contributed by atoms with Crippen LogP contribution in [0.15, 0.2) is 24.3 Å². The Labute approximate surface area is 146 Å². The average molecular weight is 333 g/mol. The van der Waals surface area contributed by atoms with E-state index in [1.165, 1.54) is 5.56 Å². The largest absolute Gasteiger partial charge is 0.494 e. The molecular weight excluding hydrogens is 302 g/mol. The molecule has 1 fully saturated rings. The smallest absolute Gasteiger partial charge is 0.239 e. The summed E-state index contributed by atoms with van der Waals surface area (Å²) >= 11 is 0. The van der Waals surface area contributed by atoms with Crippen LogP contribution in [-0.4, -0.2) is 73.0 Å². The number of nitrogens with zero attached hydrogens (tertiary/aromatic N) is 3. The topological polar surface area (TPSA) is 36.0 Å². The first-order valence-corrected chi connectivity index (χ1v) is 8.98. The predicted octanol–water partition coefficient (Wildman–Crippen LogP) is 2.07. The summed E-state index contributed by atoms with van der Waals surface area (Å²) in [5.41, 5.74) is 1.19. The maximum atomic E-state index is 12.7. The molecule has 1 amide bonds. The lowest BCUT2D eigenvalue weighted by molar-refractivity contribution is -0.137. The number of rotatable bonds is 7. The number of hydrogen-bond donors (Lipinski definition) is 0. The molecule has 0 bridgehead atoms. The summed E-state index contributed by atoms with van der Waals surface area (Å²) in [4.78, 5) is 19.2. The lowest BCUT2D eigenvalue weighted by Gasteiger charge is -2.37. The van der Waals surface area contributed by atoms with Crippen LogP contribution in [0.1, 0.15) is 26.3 Å². The van der Waals surface area contributed by atoms with Crippen molar-refractivity contribution >= 4 is 5.91 Å². The lowest BCUT2D eigenvalue weighted by atomic mass is 10.1. The molecule has 0 spiro atoms. The normalized spacial score (nSPS) is 17.1. The molecular formula is C19H31N3O2. The van der Waals surface area contributed by atoms with Crippen LogP contribution in [-0.2, 0) is 11.3 Å². The number of piperazine rings is 1. The van der Waals surface area contributed by atoms with E-state index in [0.29, 0.717) is 6.61 Å². The standard InChI is InChI=1S/C19H31N3O2/c1-5-21-11-13-22(14-12-21)19(23)16(3)20(4)15-17-7-9-18(10-8-17)24-6-2/h7-10,16H,5-6,11-15H2,1-4H3. The van der Waals surface area contributed by atoms with Crippen LogP contribution in [0.2, 0.25) is 0 Å². The van der Waals surface area contributed by atoms with E-state index in [-0.39, 0.29) is 11.9 Å². The van der Waals surface area contributed by atoms with Crippen molar-refractivity contribution in [3.8, 4) is 5.75 Å². The molecule has 0 radical (unpaired) electrons. The van der Waals surface area contributed by atoms with E-state index in [0.717, 1.165) is 45.0 Å². The third-order valence-electron chi connectivity index (χ3n) is 4.82. The van der Waals surface area contributed by atoms with Crippen molar-refractivity contribution in [2.75, 3.05) is 46.4 Å². The van der Waals surface area contributed by atoms with Gasteiger partial charge in [-0.2, -0.15) is 0 Å². The molecule has 2 rings (SSSR count). The van der Waals surface area contributed by atoms with Crippen molar-refractivity contribution in [1.29, 1.82) is 0 Å². The summed E-state index contributed by atoms with van der Waals surface area (Å²) in [5, 5.41) is 0. The molecule has 0 N–H and O–H groups in total. The molecule has 1 aliphatic rings. The van der Waals surface area contributed by atoms with Gasteiger partial charge in [0.2, 0.25) is 5.91 Å². The second-order valence-corrected chi connectivity index (χ2v) is 6.43. The Morgan fingerprint density at radius 2 is 1.79 bits per heavy atom. The first-order valence-electron chi connectivity index (χ1n) is 8.98. The molecule has 1 unspecified atom stereocenters. The van der Waals surface area contributed by atoms with Gasteiger partial charge in [0.25, 0.3) is 0 Å². The maximum Gasteiger partial charge on any atom is 0.239 e. The molecule has 1 aromatic carbocycles. The molecule has 0 aliphatic carbocycles. The van der Waals surface area contributed by atoms with E-state index in [1.807, 2.05) is 37.9 Å². The Morgan fingerprint density at radius 3 is 2.33 bits per heavy atom. The summed E-state index contributed by atoms with van der Waals surface area (Å²) in [5.74, 6) is 1.13. The van der Waals surface area contributed by atoms with Gasteiger partial charge in [-0.3, -0.25) is 9.69 Å². The van der Waals surface area contributed by atoms with E-state index in [1.54, 1.807) is 0 Å². The van der Waals surface area contributed by atoms with E-state index in [2.05, 4.69) is 28.9 Å². The third kappa shape index (κ3) is 4.95. The van der Waals surface area contributed by atoms with Gasteiger partial charge < -0.3 is 14.5 Å². The lowest BCUT2D eigenvalue weighted by Crippen LogP contribution is -2.53. The predicted molar refractivity (Wildman–Crippen MR) is 97.2 cm³/mol. The third-order valence-corrected chi connectivity index (χ3v) is 4.82. The first kappa shape index (κ1) is 18.7. The summed E-state index contributed by atoms with van der Waals surface area (Å²) in [6, 6.07) is 8.01. The van der Waals surface area contributed by atoms with Crippen molar-refractivity contribution in [3.05, 3.63) is 29.8 Å². The molecule has 1 aliphatic heterocycles. The molecule has 1 atom stereocenters. The van der Waals surface area contributed by atoms with Crippen molar-refractivity contribution in [2.24, 2.45) is 0 Å². The molecule has 0 saturated carbocycles. The molecule has 134 valence electrons. The minimum absolute atomic E-state index is 0.107. The Hall–Kier alpha value is -1.59. The number of carbonyl (C=O) groups excluding carboxylic acids is 1. The van der Waals surface area contributed by atoms with Crippen LogP contribution >= 0.6 is 0 Å². The fraction of sp³-hybridized carbons (Fsp3) is 0.632. The van der Waals surface area contributed by atoms with Gasteiger partial charge in [-0.25, -0.2) is 0 Å². The van der Waals surface area contributed by atoms with Gasteiger partial charge in [-0.1, -0.05) is 19.1 Å². The summed E-state index contributed by atoms with van der Waals surface area (Å²) in [6.45, 7) is 12.3. The van der Waals surface area contributed by atoms with Crippen LogP contribution in [0.3, 0.4) is 0 Å². The number of carbonyl (C=O) groups is 1. The second-order valence-electron chi connectivity index (χ2n) is 6.43. The van der Waals surface area contributed by atoms with Crippen LogP contribution in [0.5, 0.6) is 5.75 Å². The SMILES string of the molecule is CCOc1ccc(CN(C)C(C)C(=O)N2CCN(CC)CC2)cc1. The van der Waals surface area contributed by atoms with Crippen molar-refractivity contribution < 1.29 is 9.53 Å². The zero-order valence-electron chi connectivity index (χ0n) is 15.5. The van der Waals surface area contributed by atoms with E-state index < -0.39 is 0 Å². The first-order chi connectivity index (χ1) is 11.5. The highest BCUT2D eigenvalue weighted by Crippen LogP contribution is 2.15. The molecule has 0 aromatic heterocycles. The minimum Gasteiger partial charge on any atom is -0.494 e. The number of likely N-dealkylation sites (N-methyl/N-ethyl adjacent to an activating group) is 2. The van der Waals surface area contributed by atoms with Crippen LogP contribution in [0.25, 0.3) is 0 Å². The van der Waals surface area contributed by atoms with Gasteiger partial charge in [-0.15, -0.1) is 0 Å². The van der Waals surface area contributed by atoms with Gasteiger partial charge in [0.15, 0.2) is 0 Å². The van der Waals surface area contributed by atoms with Gasteiger partial charge in [-0.05, 0) is 45.1 Å². The van der Waals surface area contributed by atoms with Crippen molar-refractivity contribution in [2.45, 2.75) is 33.4 Å². The zero-order valence-corrected chi connectivity index (χ0v) is 15.5. The monoisotopic (exact) mass is 333 g/mol. The van der Waals surface area contributed by atoms with Crippen LogP contribution < -0.4 is 4.74 Å². The van der Waals surface area contributed by atoms with Gasteiger partial charge in [0.05, 0.1) is 12.6 Å². The Bertz CT molecular complexity index is 510. The molecule has 5 heteroatoms. The second kappa shape index (κ2) is 9.04. The Morgan fingerprint density at radius 1 is 1.17 bits per heavy atom. The highest BCUT2D eigenvalue weighted by molar-refractivity contribution is 5.81.